The standard InChI is InChI=1S/C25H23F3N4O3/c1-32(13-14-34-2)15-16-7-5-12-21(29-16)30-23(33)18-9-6-11-20-22(18)31-24(35-20)17-8-3-4-10-19(17)25(26,27)28/h3-12H,13-15H2,1-2H3,(H,29,30,33). The second-order valence-corrected chi connectivity index (χ2v) is 7.91. The number of alkyl halides is 3. The minimum Gasteiger partial charge on any atom is -0.436 e. The maximum Gasteiger partial charge on any atom is 0.417 e. The normalized spacial score (nSPS) is 11.8. The first-order chi connectivity index (χ1) is 16.8. The maximum absolute atomic E-state index is 13.5. The summed E-state index contributed by atoms with van der Waals surface area (Å²) in [5.41, 5.74) is 0.209. The van der Waals surface area contributed by atoms with Crippen molar-refractivity contribution in [2.24, 2.45) is 0 Å². The van der Waals surface area contributed by atoms with Crippen LogP contribution in [0.4, 0.5) is 19.0 Å². The van der Waals surface area contributed by atoms with Crippen molar-refractivity contribution in [3.8, 4) is 11.5 Å². The van der Waals surface area contributed by atoms with Crippen LogP contribution in [0.5, 0.6) is 0 Å². The van der Waals surface area contributed by atoms with Gasteiger partial charge in [0.25, 0.3) is 5.91 Å². The average Bonchev–Trinajstić information content (AvgIpc) is 3.27. The molecule has 0 bridgehead atoms. The molecule has 0 unspecified atom stereocenters. The molecular weight excluding hydrogens is 461 g/mol. The molecular formula is C25H23F3N4O3. The zero-order valence-corrected chi connectivity index (χ0v) is 19.1. The van der Waals surface area contributed by atoms with Crippen molar-refractivity contribution >= 4 is 22.8 Å². The van der Waals surface area contributed by atoms with Crippen LogP contribution in [0.15, 0.2) is 65.1 Å². The highest BCUT2D eigenvalue weighted by molar-refractivity contribution is 6.11. The van der Waals surface area contributed by atoms with Crippen molar-refractivity contribution in [2.75, 3.05) is 32.6 Å². The van der Waals surface area contributed by atoms with Crippen molar-refractivity contribution < 1.29 is 27.1 Å². The number of ether oxygens (including phenoxy) is 1. The molecule has 0 spiro atoms. The number of fused-ring (bicyclic) bond motifs is 1. The number of aromatic nitrogens is 2. The number of halogens is 3. The van der Waals surface area contributed by atoms with E-state index in [0.717, 1.165) is 18.3 Å². The van der Waals surface area contributed by atoms with E-state index in [1.807, 2.05) is 18.0 Å². The molecule has 0 atom stereocenters. The summed E-state index contributed by atoms with van der Waals surface area (Å²) in [5.74, 6) is -0.375. The van der Waals surface area contributed by atoms with Crippen LogP contribution in [-0.4, -0.2) is 48.1 Å². The Kier molecular flexibility index (Phi) is 7.13. The molecule has 0 aliphatic rings. The molecule has 0 aliphatic carbocycles. The minimum absolute atomic E-state index is 0.159. The lowest BCUT2D eigenvalue weighted by Gasteiger charge is -2.16. The zero-order chi connectivity index (χ0) is 25.0. The monoisotopic (exact) mass is 484 g/mol. The fraction of sp³-hybridized carbons (Fsp3) is 0.240. The third-order valence-electron chi connectivity index (χ3n) is 5.28. The summed E-state index contributed by atoms with van der Waals surface area (Å²) in [6.45, 7) is 1.88. The molecule has 4 aromatic rings. The van der Waals surface area contributed by atoms with E-state index in [2.05, 4.69) is 15.3 Å². The zero-order valence-electron chi connectivity index (χ0n) is 19.1. The van der Waals surface area contributed by atoms with Gasteiger partial charge in [0, 0.05) is 25.8 Å². The summed E-state index contributed by atoms with van der Waals surface area (Å²) in [5, 5.41) is 2.74. The van der Waals surface area contributed by atoms with E-state index in [1.54, 1.807) is 31.4 Å². The first-order valence-corrected chi connectivity index (χ1v) is 10.8. The summed E-state index contributed by atoms with van der Waals surface area (Å²) >= 11 is 0. The number of anilines is 1. The largest absolute Gasteiger partial charge is 0.436 e. The van der Waals surface area contributed by atoms with E-state index in [9.17, 15) is 18.0 Å². The van der Waals surface area contributed by atoms with Gasteiger partial charge in [-0.25, -0.2) is 9.97 Å². The summed E-state index contributed by atoms with van der Waals surface area (Å²) in [6, 6.07) is 15.0. The fourth-order valence-electron chi connectivity index (χ4n) is 3.59. The van der Waals surface area contributed by atoms with E-state index < -0.39 is 17.6 Å². The van der Waals surface area contributed by atoms with E-state index in [-0.39, 0.29) is 28.1 Å². The number of nitrogens with one attached hydrogen (secondary N) is 1. The molecule has 0 saturated carbocycles. The number of rotatable bonds is 8. The van der Waals surface area contributed by atoms with Gasteiger partial charge in [0.2, 0.25) is 5.89 Å². The second kappa shape index (κ2) is 10.2. The Morgan fingerprint density at radius 2 is 1.83 bits per heavy atom. The number of oxazole rings is 1. The maximum atomic E-state index is 13.5. The van der Waals surface area contributed by atoms with Crippen LogP contribution in [0.3, 0.4) is 0 Å². The number of methoxy groups -OCH3 is 1. The summed E-state index contributed by atoms with van der Waals surface area (Å²) in [6.07, 6.45) is -4.58. The number of likely N-dealkylation sites (N-methyl/N-ethyl adjacent to an activating group) is 1. The number of pyridine rings is 1. The third-order valence-corrected chi connectivity index (χ3v) is 5.28. The fourth-order valence-corrected chi connectivity index (χ4v) is 3.59. The average molecular weight is 484 g/mol. The van der Waals surface area contributed by atoms with E-state index in [1.165, 1.54) is 24.3 Å². The van der Waals surface area contributed by atoms with Crippen LogP contribution in [0.25, 0.3) is 22.6 Å². The predicted octanol–water partition coefficient (Wildman–Crippen LogP) is 5.24. The topological polar surface area (TPSA) is 80.5 Å². The minimum atomic E-state index is -4.58. The lowest BCUT2D eigenvalue weighted by molar-refractivity contribution is -0.137. The quantitative estimate of drug-likeness (QED) is 0.369. The highest BCUT2D eigenvalue weighted by Gasteiger charge is 2.34. The molecule has 0 fully saturated rings. The number of para-hydroxylation sites is 1. The van der Waals surface area contributed by atoms with Gasteiger partial charge < -0.3 is 14.5 Å². The molecule has 1 N–H and O–H groups in total. The van der Waals surface area contributed by atoms with Gasteiger partial charge in [0.1, 0.15) is 11.3 Å². The van der Waals surface area contributed by atoms with Crippen molar-refractivity contribution in [1.29, 1.82) is 0 Å². The number of benzene rings is 2. The van der Waals surface area contributed by atoms with Gasteiger partial charge in [-0.1, -0.05) is 24.3 Å². The van der Waals surface area contributed by atoms with Gasteiger partial charge in [0.05, 0.1) is 23.4 Å². The van der Waals surface area contributed by atoms with Crippen LogP contribution in [0.1, 0.15) is 21.6 Å². The number of nitrogens with zero attached hydrogens (tertiary/aromatic N) is 3. The molecule has 7 nitrogen and oxygen atoms in total. The van der Waals surface area contributed by atoms with Crippen molar-refractivity contribution in [3.63, 3.8) is 0 Å². The molecule has 2 aromatic heterocycles. The summed E-state index contributed by atoms with van der Waals surface area (Å²) in [7, 11) is 3.57. The molecule has 35 heavy (non-hydrogen) atoms. The number of carbonyl (C=O) groups excluding carboxylic acids is 1. The van der Waals surface area contributed by atoms with Crippen LogP contribution >= 0.6 is 0 Å². The van der Waals surface area contributed by atoms with Crippen LogP contribution in [0.2, 0.25) is 0 Å². The SMILES string of the molecule is COCCN(C)Cc1cccc(NC(=O)c2cccc3oc(-c4ccccc4C(F)(F)F)nc23)n1. The van der Waals surface area contributed by atoms with E-state index in [0.29, 0.717) is 19.0 Å². The molecule has 1 amide bonds. The Hall–Kier alpha value is -3.76. The Morgan fingerprint density at radius 1 is 1.06 bits per heavy atom. The number of hydrogen-bond donors (Lipinski definition) is 1. The van der Waals surface area contributed by atoms with Gasteiger partial charge in [-0.05, 0) is 43.4 Å². The number of carbonyl (C=O) groups is 1. The Bertz CT molecular complexity index is 1340. The lowest BCUT2D eigenvalue weighted by Crippen LogP contribution is -2.23. The smallest absolute Gasteiger partial charge is 0.417 e. The highest BCUT2D eigenvalue weighted by atomic mass is 19.4. The molecule has 0 radical (unpaired) electrons. The first kappa shape index (κ1) is 24.4. The molecule has 2 aromatic carbocycles. The molecule has 0 aliphatic heterocycles. The first-order valence-electron chi connectivity index (χ1n) is 10.8. The highest BCUT2D eigenvalue weighted by Crippen LogP contribution is 2.37. The molecule has 2 heterocycles. The molecule has 4 rings (SSSR count). The van der Waals surface area contributed by atoms with Gasteiger partial charge in [-0.15, -0.1) is 0 Å². The predicted molar refractivity (Wildman–Crippen MR) is 125 cm³/mol. The van der Waals surface area contributed by atoms with Gasteiger partial charge >= 0.3 is 6.18 Å². The van der Waals surface area contributed by atoms with Crippen molar-refractivity contribution in [2.45, 2.75) is 12.7 Å². The summed E-state index contributed by atoms with van der Waals surface area (Å²) in [4.78, 5) is 23.8. The van der Waals surface area contributed by atoms with Crippen LogP contribution < -0.4 is 5.32 Å². The lowest BCUT2D eigenvalue weighted by atomic mass is 10.1. The van der Waals surface area contributed by atoms with Crippen LogP contribution in [-0.2, 0) is 17.5 Å². The van der Waals surface area contributed by atoms with E-state index >= 15 is 0 Å². The number of amides is 1. The Labute approximate surface area is 199 Å². The van der Waals surface area contributed by atoms with Gasteiger partial charge in [0.15, 0.2) is 5.58 Å². The molecule has 0 saturated heterocycles. The number of hydrogen-bond acceptors (Lipinski definition) is 6. The Morgan fingerprint density at radius 3 is 2.60 bits per heavy atom. The van der Waals surface area contributed by atoms with Gasteiger partial charge in [-0.3, -0.25) is 9.69 Å². The van der Waals surface area contributed by atoms with E-state index in [4.69, 9.17) is 9.15 Å². The second-order valence-electron chi connectivity index (χ2n) is 7.91. The molecule has 182 valence electrons. The Balaban J connectivity index is 1.60. The van der Waals surface area contributed by atoms with Crippen molar-refractivity contribution in [1.82, 2.24) is 14.9 Å². The molecule has 10 heteroatoms. The summed E-state index contributed by atoms with van der Waals surface area (Å²) < 4.78 is 51.1. The van der Waals surface area contributed by atoms with Crippen molar-refractivity contribution in [3.05, 3.63) is 77.5 Å². The van der Waals surface area contributed by atoms with Crippen LogP contribution in [0, 0.1) is 0 Å². The third kappa shape index (κ3) is 5.67. The van der Waals surface area contributed by atoms with Gasteiger partial charge in [-0.2, -0.15) is 13.2 Å².